The average molecular weight is 415 g/mol. The molecule has 0 spiro atoms. The molecule has 156 valence electrons. The largest absolute Gasteiger partial charge is 0.353 e. The van der Waals surface area contributed by atoms with Gasteiger partial charge in [0.1, 0.15) is 0 Å². The van der Waals surface area contributed by atoms with Crippen LogP contribution in [0.25, 0.3) is 0 Å². The van der Waals surface area contributed by atoms with Crippen LogP contribution in [0.1, 0.15) is 11.6 Å². The summed E-state index contributed by atoms with van der Waals surface area (Å²) in [5.74, 6) is -0.246. The van der Waals surface area contributed by atoms with E-state index in [0.29, 0.717) is 6.54 Å². The maximum atomic E-state index is 12.3. The zero-order chi connectivity index (χ0) is 21.2. The number of hydrogen-bond acceptors (Lipinski definition) is 5. The van der Waals surface area contributed by atoms with Crippen molar-refractivity contribution in [3.8, 4) is 0 Å². The lowest BCUT2D eigenvalue weighted by Crippen LogP contribution is -2.41. The standard InChI is InChI=1S/C22H30N4O2S/c1-25(2)19(17-10-6-5-7-11-17)14-23-21(27)15-26(3)16-22(28)24-18-12-8-9-13-20(18)29-4/h5-13,19H,14-16H2,1-4H3,(H,23,27)(H,24,28). The lowest BCUT2D eigenvalue weighted by molar-refractivity contribution is -0.123. The first kappa shape index (κ1) is 22.9. The van der Waals surface area contributed by atoms with Crippen molar-refractivity contribution in [1.82, 2.24) is 15.1 Å². The van der Waals surface area contributed by atoms with E-state index in [1.165, 1.54) is 0 Å². The topological polar surface area (TPSA) is 64.7 Å². The van der Waals surface area contributed by atoms with E-state index in [1.54, 1.807) is 23.7 Å². The zero-order valence-corrected chi connectivity index (χ0v) is 18.3. The summed E-state index contributed by atoms with van der Waals surface area (Å²) in [6.07, 6.45) is 1.97. The summed E-state index contributed by atoms with van der Waals surface area (Å²) in [6, 6.07) is 17.8. The third-order valence-corrected chi connectivity index (χ3v) is 5.30. The van der Waals surface area contributed by atoms with Crippen molar-refractivity contribution < 1.29 is 9.59 Å². The maximum Gasteiger partial charge on any atom is 0.238 e. The van der Waals surface area contributed by atoms with Crippen molar-refractivity contribution in [2.75, 3.05) is 52.3 Å². The fraction of sp³-hybridized carbons (Fsp3) is 0.364. The monoisotopic (exact) mass is 414 g/mol. The highest BCUT2D eigenvalue weighted by Gasteiger charge is 2.16. The molecule has 7 heteroatoms. The molecule has 2 aromatic carbocycles. The molecule has 0 aromatic heterocycles. The minimum atomic E-state index is -0.141. The van der Waals surface area contributed by atoms with Gasteiger partial charge in [-0.2, -0.15) is 0 Å². The summed E-state index contributed by atoms with van der Waals surface area (Å²) < 4.78 is 0. The van der Waals surface area contributed by atoms with Crippen LogP contribution in [-0.4, -0.2) is 68.6 Å². The van der Waals surface area contributed by atoms with E-state index in [9.17, 15) is 9.59 Å². The van der Waals surface area contributed by atoms with Crippen LogP contribution in [-0.2, 0) is 9.59 Å². The van der Waals surface area contributed by atoms with Gasteiger partial charge >= 0.3 is 0 Å². The lowest BCUT2D eigenvalue weighted by Gasteiger charge is -2.25. The Morgan fingerprint density at radius 1 is 0.931 bits per heavy atom. The molecular formula is C22H30N4O2S. The van der Waals surface area contributed by atoms with Gasteiger partial charge in [-0.15, -0.1) is 11.8 Å². The minimum Gasteiger partial charge on any atom is -0.353 e. The minimum absolute atomic E-state index is 0.0943. The fourth-order valence-corrected chi connectivity index (χ4v) is 3.58. The fourth-order valence-electron chi connectivity index (χ4n) is 3.02. The van der Waals surface area contributed by atoms with Crippen molar-refractivity contribution in [1.29, 1.82) is 0 Å². The molecule has 2 N–H and O–H groups in total. The van der Waals surface area contributed by atoms with Gasteiger partial charge in [0.15, 0.2) is 0 Å². The SMILES string of the molecule is CSc1ccccc1NC(=O)CN(C)CC(=O)NCC(c1ccccc1)N(C)C. The van der Waals surface area contributed by atoms with Gasteiger partial charge in [-0.3, -0.25) is 14.5 Å². The number of nitrogens with one attached hydrogen (secondary N) is 2. The van der Waals surface area contributed by atoms with E-state index in [4.69, 9.17) is 0 Å². The van der Waals surface area contributed by atoms with Crippen molar-refractivity contribution >= 4 is 29.3 Å². The number of thioether (sulfide) groups is 1. The molecule has 0 radical (unpaired) electrons. The molecule has 1 atom stereocenters. The number of carbonyl (C=O) groups is 2. The molecule has 0 fully saturated rings. The molecule has 0 saturated carbocycles. The molecule has 0 heterocycles. The summed E-state index contributed by atoms with van der Waals surface area (Å²) in [7, 11) is 5.75. The second-order valence-electron chi connectivity index (χ2n) is 7.11. The Morgan fingerprint density at radius 2 is 1.55 bits per heavy atom. The van der Waals surface area contributed by atoms with Gasteiger partial charge in [-0.25, -0.2) is 0 Å². The van der Waals surface area contributed by atoms with Crippen LogP contribution in [0.3, 0.4) is 0 Å². The van der Waals surface area contributed by atoms with Crippen molar-refractivity contribution in [3.63, 3.8) is 0 Å². The highest BCUT2D eigenvalue weighted by Crippen LogP contribution is 2.24. The van der Waals surface area contributed by atoms with Gasteiger partial charge in [-0.05, 0) is 45.1 Å². The van der Waals surface area contributed by atoms with E-state index < -0.39 is 0 Å². The first-order valence-corrected chi connectivity index (χ1v) is 10.7. The predicted octanol–water partition coefficient (Wildman–Crippen LogP) is 2.70. The highest BCUT2D eigenvalue weighted by molar-refractivity contribution is 7.98. The van der Waals surface area contributed by atoms with Crippen molar-refractivity contribution in [2.45, 2.75) is 10.9 Å². The van der Waals surface area contributed by atoms with Crippen LogP contribution in [0, 0.1) is 0 Å². The molecule has 0 bridgehead atoms. The molecular weight excluding hydrogens is 384 g/mol. The number of rotatable bonds is 10. The summed E-state index contributed by atoms with van der Waals surface area (Å²) in [4.78, 5) is 29.5. The van der Waals surface area contributed by atoms with Gasteiger partial charge in [0, 0.05) is 11.4 Å². The Hall–Kier alpha value is -2.35. The Labute approximate surface area is 177 Å². The first-order chi connectivity index (χ1) is 13.9. The third kappa shape index (κ3) is 7.53. The Balaban J connectivity index is 1.81. The molecule has 0 aliphatic rings. The van der Waals surface area contributed by atoms with E-state index >= 15 is 0 Å². The Morgan fingerprint density at radius 3 is 2.21 bits per heavy atom. The smallest absolute Gasteiger partial charge is 0.238 e. The lowest BCUT2D eigenvalue weighted by atomic mass is 10.1. The number of amides is 2. The molecule has 0 saturated heterocycles. The van der Waals surface area contributed by atoms with Gasteiger partial charge in [-0.1, -0.05) is 42.5 Å². The number of carbonyl (C=O) groups excluding carboxylic acids is 2. The average Bonchev–Trinajstić information content (AvgIpc) is 2.68. The van der Waals surface area contributed by atoms with Crippen LogP contribution in [0.15, 0.2) is 59.5 Å². The van der Waals surface area contributed by atoms with E-state index in [-0.39, 0.29) is 30.9 Å². The van der Waals surface area contributed by atoms with E-state index in [2.05, 4.69) is 27.7 Å². The Kier molecular flexibility index (Phi) is 9.18. The molecule has 2 amide bonds. The quantitative estimate of drug-likeness (QED) is 0.585. The first-order valence-electron chi connectivity index (χ1n) is 9.50. The summed E-state index contributed by atoms with van der Waals surface area (Å²) in [5.41, 5.74) is 1.94. The second-order valence-corrected chi connectivity index (χ2v) is 7.96. The maximum absolute atomic E-state index is 12.3. The zero-order valence-electron chi connectivity index (χ0n) is 17.5. The van der Waals surface area contributed by atoms with Crippen LogP contribution < -0.4 is 10.6 Å². The number of hydrogen-bond donors (Lipinski definition) is 2. The number of nitrogens with zero attached hydrogens (tertiary/aromatic N) is 2. The molecule has 0 aliphatic carbocycles. The molecule has 2 aromatic rings. The van der Waals surface area contributed by atoms with E-state index in [1.807, 2.05) is 62.8 Å². The highest BCUT2D eigenvalue weighted by atomic mass is 32.2. The van der Waals surface area contributed by atoms with Gasteiger partial charge in [0.05, 0.1) is 24.8 Å². The van der Waals surface area contributed by atoms with Crippen LogP contribution >= 0.6 is 11.8 Å². The molecule has 0 aliphatic heterocycles. The molecule has 29 heavy (non-hydrogen) atoms. The van der Waals surface area contributed by atoms with Crippen molar-refractivity contribution in [3.05, 3.63) is 60.2 Å². The van der Waals surface area contributed by atoms with Crippen LogP contribution in [0.2, 0.25) is 0 Å². The molecule has 1 unspecified atom stereocenters. The van der Waals surface area contributed by atoms with Crippen molar-refractivity contribution in [2.24, 2.45) is 0 Å². The number of para-hydroxylation sites is 1. The summed E-state index contributed by atoms with van der Waals surface area (Å²) >= 11 is 1.58. The number of benzene rings is 2. The van der Waals surface area contributed by atoms with Gasteiger partial charge in [0.2, 0.25) is 11.8 Å². The van der Waals surface area contributed by atoms with E-state index in [0.717, 1.165) is 16.1 Å². The second kappa shape index (κ2) is 11.6. The van der Waals surface area contributed by atoms with Gasteiger partial charge < -0.3 is 15.5 Å². The normalized spacial score (nSPS) is 12.1. The van der Waals surface area contributed by atoms with Gasteiger partial charge in [0.25, 0.3) is 0 Å². The predicted molar refractivity (Wildman–Crippen MR) is 120 cm³/mol. The number of anilines is 1. The van der Waals surface area contributed by atoms with Crippen LogP contribution in [0.4, 0.5) is 5.69 Å². The number of likely N-dealkylation sites (N-methyl/N-ethyl adjacent to an activating group) is 2. The third-order valence-electron chi connectivity index (χ3n) is 4.51. The Bertz CT molecular complexity index is 798. The molecule has 6 nitrogen and oxygen atoms in total. The summed E-state index contributed by atoms with van der Waals surface area (Å²) in [6.45, 7) is 0.815. The summed E-state index contributed by atoms with van der Waals surface area (Å²) in [5, 5.41) is 5.89. The van der Waals surface area contributed by atoms with Crippen LogP contribution in [0.5, 0.6) is 0 Å². The molecule has 2 rings (SSSR count).